The summed E-state index contributed by atoms with van der Waals surface area (Å²) in [5.74, 6) is 2.21. The summed E-state index contributed by atoms with van der Waals surface area (Å²) in [6.07, 6.45) is 4.16. The van der Waals surface area contributed by atoms with Crippen LogP contribution < -0.4 is 10.6 Å². The fourth-order valence-corrected chi connectivity index (χ4v) is 4.19. The summed E-state index contributed by atoms with van der Waals surface area (Å²) in [4.78, 5) is 17.2. The number of urea groups is 1. The van der Waals surface area contributed by atoms with Crippen molar-refractivity contribution in [2.75, 3.05) is 25.1 Å². The second kappa shape index (κ2) is 8.51. The molecule has 0 atom stereocenters. The summed E-state index contributed by atoms with van der Waals surface area (Å²) in [6.45, 7) is 2.00. The number of carbonyl (C=O) groups is 1. The number of carbonyl (C=O) groups excluding carboxylic acids is 1. The van der Waals surface area contributed by atoms with E-state index in [1.807, 2.05) is 30.3 Å². The highest BCUT2D eigenvalue weighted by atomic mass is 16.5. The second-order valence-corrected chi connectivity index (χ2v) is 8.46. The van der Waals surface area contributed by atoms with Gasteiger partial charge in [0.2, 0.25) is 0 Å². The number of H-pyrrole nitrogens is 1. The summed E-state index contributed by atoms with van der Waals surface area (Å²) in [5, 5.41) is 13.3. The van der Waals surface area contributed by atoms with Gasteiger partial charge >= 0.3 is 6.03 Å². The normalized spacial score (nSPS) is 17.8. The van der Waals surface area contributed by atoms with Gasteiger partial charge in [-0.25, -0.2) is 9.78 Å². The lowest BCUT2D eigenvalue weighted by molar-refractivity contribution is 0.0508. The van der Waals surface area contributed by atoms with E-state index in [0.717, 1.165) is 29.9 Å². The third-order valence-corrected chi connectivity index (χ3v) is 6.29. The summed E-state index contributed by atoms with van der Waals surface area (Å²) >= 11 is 0. The maximum atomic E-state index is 12.6. The molecule has 5 rings (SSSR count). The van der Waals surface area contributed by atoms with Crippen LogP contribution in [0.25, 0.3) is 11.4 Å². The third kappa shape index (κ3) is 4.46. The molecule has 1 aromatic heterocycles. The Bertz CT molecular complexity index is 1020. The fourth-order valence-electron chi connectivity index (χ4n) is 4.19. The van der Waals surface area contributed by atoms with Crippen molar-refractivity contribution in [1.29, 1.82) is 0 Å². The topological polar surface area (TPSA) is 91.9 Å². The molecule has 0 spiro atoms. The van der Waals surface area contributed by atoms with Crippen molar-refractivity contribution in [3.8, 4) is 11.4 Å². The number of anilines is 1. The van der Waals surface area contributed by atoms with E-state index in [1.165, 1.54) is 18.4 Å². The van der Waals surface area contributed by atoms with Crippen LogP contribution in [0.15, 0.2) is 54.6 Å². The maximum absolute atomic E-state index is 12.6. The van der Waals surface area contributed by atoms with Crippen LogP contribution in [0.4, 0.5) is 10.5 Å². The van der Waals surface area contributed by atoms with Crippen molar-refractivity contribution in [1.82, 2.24) is 20.5 Å². The number of hydrogen-bond donors (Lipinski definition) is 3. The van der Waals surface area contributed by atoms with Crippen LogP contribution in [0.1, 0.15) is 43.0 Å². The Kier molecular flexibility index (Phi) is 5.42. The van der Waals surface area contributed by atoms with Gasteiger partial charge in [0.05, 0.1) is 0 Å². The first-order valence-electron chi connectivity index (χ1n) is 10.9. The molecule has 2 aliphatic rings. The van der Waals surface area contributed by atoms with Crippen molar-refractivity contribution in [2.24, 2.45) is 0 Å². The largest absolute Gasteiger partial charge is 0.381 e. The Morgan fingerprint density at radius 1 is 1.06 bits per heavy atom. The van der Waals surface area contributed by atoms with Crippen LogP contribution in [-0.4, -0.2) is 41.0 Å². The molecule has 160 valence electrons. The Morgan fingerprint density at radius 2 is 1.81 bits per heavy atom. The molecule has 1 saturated heterocycles. The van der Waals surface area contributed by atoms with Crippen LogP contribution in [0.5, 0.6) is 0 Å². The number of nitrogens with one attached hydrogen (secondary N) is 3. The predicted octanol–water partition coefficient (Wildman–Crippen LogP) is 4.22. The zero-order valence-electron chi connectivity index (χ0n) is 17.4. The van der Waals surface area contributed by atoms with Crippen LogP contribution >= 0.6 is 0 Å². The van der Waals surface area contributed by atoms with Gasteiger partial charge in [0.1, 0.15) is 5.82 Å². The molecule has 0 unspecified atom stereocenters. The Labute approximate surface area is 181 Å². The van der Waals surface area contributed by atoms with Crippen LogP contribution in [0.2, 0.25) is 0 Å². The van der Waals surface area contributed by atoms with Gasteiger partial charge < -0.3 is 15.4 Å². The van der Waals surface area contributed by atoms with E-state index in [2.05, 4.69) is 50.1 Å². The molecule has 0 bridgehead atoms. The van der Waals surface area contributed by atoms with Crippen LogP contribution in [-0.2, 0) is 10.2 Å². The van der Waals surface area contributed by atoms with Gasteiger partial charge in [0.25, 0.3) is 0 Å². The Morgan fingerprint density at radius 3 is 2.52 bits per heavy atom. The van der Waals surface area contributed by atoms with Gasteiger partial charge in [-0.2, -0.15) is 5.10 Å². The van der Waals surface area contributed by atoms with Gasteiger partial charge in [0, 0.05) is 42.3 Å². The second-order valence-electron chi connectivity index (χ2n) is 8.46. The summed E-state index contributed by atoms with van der Waals surface area (Å²) in [6, 6.07) is 17.8. The van der Waals surface area contributed by atoms with Crippen molar-refractivity contribution < 1.29 is 9.53 Å². The van der Waals surface area contributed by atoms with Gasteiger partial charge in [-0.15, -0.1) is 0 Å². The number of rotatable bonds is 6. The Hall–Kier alpha value is -3.19. The average Bonchev–Trinajstić information content (AvgIpc) is 3.56. The molecule has 2 fully saturated rings. The molecule has 2 heterocycles. The smallest absolute Gasteiger partial charge is 0.319 e. The lowest BCUT2D eigenvalue weighted by Gasteiger charge is -2.38. The van der Waals surface area contributed by atoms with Crippen molar-refractivity contribution in [3.63, 3.8) is 0 Å². The summed E-state index contributed by atoms with van der Waals surface area (Å²) < 4.78 is 5.57. The molecule has 7 nitrogen and oxygen atoms in total. The molecule has 1 saturated carbocycles. The zero-order chi connectivity index (χ0) is 21.1. The summed E-state index contributed by atoms with van der Waals surface area (Å²) in [7, 11) is 0. The first kappa shape index (κ1) is 19.8. The predicted molar refractivity (Wildman–Crippen MR) is 119 cm³/mol. The molecular weight excluding hydrogens is 390 g/mol. The Balaban J connectivity index is 1.20. The molecule has 3 aromatic rings. The highest BCUT2D eigenvalue weighted by Crippen LogP contribution is 2.38. The van der Waals surface area contributed by atoms with E-state index in [1.54, 1.807) is 0 Å². The first-order valence-corrected chi connectivity index (χ1v) is 10.9. The van der Waals surface area contributed by atoms with E-state index in [0.29, 0.717) is 31.5 Å². The molecule has 31 heavy (non-hydrogen) atoms. The van der Waals surface area contributed by atoms with Crippen molar-refractivity contribution >= 4 is 11.7 Å². The minimum absolute atomic E-state index is 0.0917. The van der Waals surface area contributed by atoms with Gasteiger partial charge in [-0.05, 0) is 55.5 Å². The quantitative estimate of drug-likeness (QED) is 0.560. The molecule has 1 aliphatic heterocycles. The lowest BCUT2D eigenvalue weighted by Crippen LogP contribution is -2.45. The van der Waals surface area contributed by atoms with Gasteiger partial charge in [0.15, 0.2) is 5.82 Å². The number of aromatic amines is 1. The van der Waals surface area contributed by atoms with E-state index >= 15 is 0 Å². The number of aromatic nitrogens is 3. The SMILES string of the molecule is O=C(NCC1(c2ccccc2)CCOCC1)Nc1ccc(-c2n[nH]c(C3CC3)n2)cc1. The number of ether oxygens (including phenoxy) is 1. The van der Waals surface area contributed by atoms with E-state index in [9.17, 15) is 4.79 Å². The molecule has 2 aromatic carbocycles. The monoisotopic (exact) mass is 417 g/mol. The first-order chi connectivity index (χ1) is 15.2. The molecule has 0 radical (unpaired) electrons. The molecule has 7 heteroatoms. The standard InChI is InChI=1S/C24H27N5O2/c30-23(25-16-24(12-14-31-15-13-24)19-4-2-1-3-5-19)26-20-10-8-18(9-11-20)22-27-21(28-29-22)17-6-7-17/h1-5,8-11,17H,6-7,12-16H2,(H2,25,26,30)(H,27,28,29). The molecule has 3 N–H and O–H groups in total. The minimum atomic E-state index is -0.205. The van der Waals surface area contributed by atoms with Crippen LogP contribution in [0, 0.1) is 0 Å². The van der Waals surface area contributed by atoms with Crippen molar-refractivity contribution in [3.05, 3.63) is 66.0 Å². The van der Waals surface area contributed by atoms with Crippen molar-refractivity contribution in [2.45, 2.75) is 37.0 Å². The highest BCUT2D eigenvalue weighted by molar-refractivity contribution is 5.89. The molecule has 1 aliphatic carbocycles. The highest BCUT2D eigenvalue weighted by Gasteiger charge is 2.34. The molecule has 2 amide bonds. The number of hydrogen-bond acceptors (Lipinski definition) is 4. The van der Waals surface area contributed by atoms with Crippen LogP contribution in [0.3, 0.4) is 0 Å². The van der Waals surface area contributed by atoms with Gasteiger partial charge in [-0.1, -0.05) is 30.3 Å². The number of nitrogens with zero attached hydrogens (tertiary/aromatic N) is 2. The number of benzene rings is 2. The third-order valence-electron chi connectivity index (χ3n) is 6.29. The average molecular weight is 418 g/mol. The maximum Gasteiger partial charge on any atom is 0.319 e. The minimum Gasteiger partial charge on any atom is -0.381 e. The summed E-state index contributed by atoms with van der Waals surface area (Å²) in [5.41, 5.74) is 2.82. The number of amides is 2. The van der Waals surface area contributed by atoms with E-state index in [-0.39, 0.29) is 11.4 Å². The fraction of sp³-hybridized carbons (Fsp3) is 0.375. The lowest BCUT2D eigenvalue weighted by atomic mass is 9.74. The van der Waals surface area contributed by atoms with Gasteiger partial charge in [-0.3, -0.25) is 5.10 Å². The van der Waals surface area contributed by atoms with E-state index < -0.39 is 0 Å². The van der Waals surface area contributed by atoms with E-state index in [4.69, 9.17) is 4.74 Å². The molecular formula is C24H27N5O2. The zero-order valence-corrected chi connectivity index (χ0v) is 17.4.